The molecule has 0 aromatic heterocycles. The zero-order valence-corrected chi connectivity index (χ0v) is 12.0. The van der Waals surface area contributed by atoms with E-state index in [4.69, 9.17) is 4.74 Å². The fourth-order valence-corrected chi connectivity index (χ4v) is 3.31. The van der Waals surface area contributed by atoms with Gasteiger partial charge in [0.25, 0.3) is 5.91 Å². The molecule has 0 saturated carbocycles. The lowest BCUT2D eigenvalue weighted by atomic mass is 9.84. The minimum absolute atomic E-state index is 0.00667. The number of carbonyl (C=O) groups excluding carboxylic acids is 1. The van der Waals surface area contributed by atoms with Gasteiger partial charge in [0.2, 0.25) is 0 Å². The molecule has 4 heteroatoms. The van der Waals surface area contributed by atoms with E-state index in [0.717, 1.165) is 6.54 Å². The second-order valence-electron chi connectivity index (χ2n) is 5.65. The monoisotopic (exact) mass is 274 g/mol. The molecule has 1 N–H and O–H groups in total. The molecule has 3 heterocycles. The molecular formula is C16H22N2O2. The van der Waals surface area contributed by atoms with E-state index in [0.29, 0.717) is 29.9 Å². The van der Waals surface area contributed by atoms with E-state index < -0.39 is 0 Å². The minimum atomic E-state index is -0.00667. The lowest BCUT2D eigenvalue weighted by Crippen LogP contribution is -2.57. The molecule has 0 radical (unpaired) electrons. The molecule has 0 spiro atoms. The van der Waals surface area contributed by atoms with Crippen molar-refractivity contribution in [2.75, 3.05) is 26.2 Å². The summed E-state index contributed by atoms with van der Waals surface area (Å²) in [7, 11) is 0. The third-order valence-corrected chi connectivity index (χ3v) is 4.40. The second-order valence-corrected chi connectivity index (χ2v) is 5.65. The Morgan fingerprint density at radius 3 is 2.75 bits per heavy atom. The van der Waals surface area contributed by atoms with Crippen molar-refractivity contribution < 1.29 is 9.53 Å². The topological polar surface area (TPSA) is 41.6 Å². The Morgan fingerprint density at radius 2 is 2.10 bits per heavy atom. The summed E-state index contributed by atoms with van der Waals surface area (Å²) in [5, 5.41) is 3.20. The van der Waals surface area contributed by atoms with E-state index in [1.165, 1.54) is 25.9 Å². The van der Waals surface area contributed by atoms with Gasteiger partial charge in [-0.05, 0) is 50.9 Å². The van der Waals surface area contributed by atoms with Gasteiger partial charge in [-0.25, -0.2) is 0 Å². The Morgan fingerprint density at radius 1 is 1.35 bits per heavy atom. The molecule has 0 aliphatic carbocycles. The van der Waals surface area contributed by atoms with Crippen LogP contribution in [0.2, 0.25) is 0 Å². The summed E-state index contributed by atoms with van der Waals surface area (Å²) in [6.45, 7) is 5.87. The molecule has 0 unspecified atom stereocenters. The van der Waals surface area contributed by atoms with Gasteiger partial charge in [-0.3, -0.25) is 4.79 Å². The summed E-state index contributed by atoms with van der Waals surface area (Å²) in [6.07, 6.45) is 2.41. The maximum atomic E-state index is 12.5. The largest absolute Gasteiger partial charge is 0.493 e. The van der Waals surface area contributed by atoms with E-state index in [1.807, 2.05) is 31.2 Å². The molecule has 1 amide bonds. The van der Waals surface area contributed by atoms with Crippen LogP contribution in [0.4, 0.5) is 0 Å². The van der Waals surface area contributed by atoms with Crippen LogP contribution in [-0.4, -0.2) is 43.1 Å². The SMILES string of the molecule is CCOc1ccccc1C(=O)N[C@H]1CN2CCC1CC2. The van der Waals surface area contributed by atoms with Gasteiger partial charge < -0.3 is 15.0 Å². The fourth-order valence-electron chi connectivity index (χ4n) is 3.31. The Labute approximate surface area is 120 Å². The molecule has 20 heavy (non-hydrogen) atoms. The van der Waals surface area contributed by atoms with Crippen LogP contribution in [0, 0.1) is 5.92 Å². The quantitative estimate of drug-likeness (QED) is 0.912. The fraction of sp³-hybridized carbons (Fsp3) is 0.562. The number of nitrogens with zero attached hydrogens (tertiary/aromatic N) is 1. The lowest BCUT2D eigenvalue weighted by Gasteiger charge is -2.44. The third-order valence-electron chi connectivity index (χ3n) is 4.40. The van der Waals surface area contributed by atoms with E-state index in [2.05, 4.69) is 10.2 Å². The lowest BCUT2D eigenvalue weighted by molar-refractivity contribution is 0.0618. The summed E-state index contributed by atoms with van der Waals surface area (Å²) < 4.78 is 5.54. The highest BCUT2D eigenvalue weighted by molar-refractivity contribution is 5.97. The van der Waals surface area contributed by atoms with Gasteiger partial charge in [0.1, 0.15) is 5.75 Å². The number of fused-ring (bicyclic) bond motifs is 3. The van der Waals surface area contributed by atoms with Crippen LogP contribution in [0.3, 0.4) is 0 Å². The van der Waals surface area contributed by atoms with E-state index >= 15 is 0 Å². The molecular weight excluding hydrogens is 252 g/mol. The number of carbonyl (C=O) groups is 1. The maximum absolute atomic E-state index is 12.5. The molecule has 4 nitrogen and oxygen atoms in total. The highest BCUT2D eigenvalue weighted by Gasteiger charge is 2.35. The standard InChI is InChI=1S/C16H22N2O2/c1-2-20-15-6-4-3-5-13(15)16(19)17-14-11-18-9-7-12(14)8-10-18/h3-6,12,14H,2,7-11H2,1H3,(H,17,19)/t14-/m0/s1. The van der Waals surface area contributed by atoms with Crippen LogP contribution in [0.5, 0.6) is 5.75 Å². The maximum Gasteiger partial charge on any atom is 0.255 e. The Balaban J connectivity index is 1.70. The van der Waals surface area contributed by atoms with Crippen molar-refractivity contribution in [3.8, 4) is 5.75 Å². The van der Waals surface area contributed by atoms with Crippen LogP contribution in [0.15, 0.2) is 24.3 Å². The number of hydrogen-bond acceptors (Lipinski definition) is 3. The minimum Gasteiger partial charge on any atom is -0.493 e. The van der Waals surface area contributed by atoms with Gasteiger partial charge in [-0.2, -0.15) is 0 Å². The first-order chi connectivity index (χ1) is 9.78. The zero-order chi connectivity index (χ0) is 13.9. The van der Waals surface area contributed by atoms with Crippen LogP contribution in [-0.2, 0) is 0 Å². The number of hydrogen-bond donors (Lipinski definition) is 1. The summed E-state index contributed by atoms with van der Waals surface area (Å²) in [6, 6.07) is 7.76. The van der Waals surface area contributed by atoms with Crippen molar-refractivity contribution in [3.63, 3.8) is 0 Å². The van der Waals surface area contributed by atoms with Crippen molar-refractivity contribution in [1.29, 1.82) is 0 Å². The van der Waals surface area contributed by atoms with Crippen LogP contribution >= 0.6 is 0 Å². The number of nitrogens with one attached hydrogen (secondary N) is 1. The summed E-state index contributed by atoms with van der Waals surface area (Å²) in [5.41, 5.74) is 0.644. The highest BCUT2D eigenvalue weighted by atomic mass is 16.5. The van der Waals surface area contributed by atoms with Gasteiger partial charge in [-0.1, -0.05) is 12.1 Å². The molecule has 1 atom stereocenters. The number of para-hydroxylation sites is 1. The summed E-state index contributed by atoms with van der Waals surface area (Å²) >= 11 is 0. The number of piperidine rings is 3. The second kappa shape index (κ2) is 5.83. The average Bonchev–Trinajstić information content (AvgIpc) is 2.49. The number of benzene rings is 1. The van der Waals surface area contributed by atoms with Crippen LogP contribution in [0.1, 0.15) is 30.1 Å². The molecule has 1 aromatic rings. The molecule has 4 rings (SSSR count). The van der Waals surface area contributed by atoms with Crippen molar-refractivity contribution in [1.82, 2.24) is 10.2 Å². The molecule has 3 fully saturated rings. The molecule has 3 saturated heterocycles. The molecule has 3 aliphatic rings. The van der Waals surface area contributed by atoms with Crippen molar-refractivity contribution in [2.45, 2.75) is 25.8 Å². The van der Waals surface area contributed by atoms with E-state index in [9.17, 15) is 4.79 Å². The first kappa shape index (κ1) is 13.4. The Kier molecular flexibility index (Phi) is 3.92. The molecule has 108 valence electrons. The first-order valence-corrected chi connectivity index (χ1v) is 7.53. The Bertz CT molecular complexity index is 481. The molecule has 1 aromatic carbocycles. The predicted molar refractivity (Wildman–Crippen MR) is 78.0 cm³/mol. The molecule has 3 aliphatic heterocycles. The average molecular weight is 274 g/mol. The van der Waals surface area contributed by atoms with E-state index in [1.54, 1.807) is 0 Å². The number of amides is 1. The Hall–Kier alpha value is -1.55. The van der Waals surface area contributed by atoms with Crippen molar-refractivity contribution >= 4 is 5.91 Å². The van der Waals surface area contributed by atoms with Gasteiger partial charge in [0.05, 0.1) is 12.2 Å². The van der Waals surface area contributed by atoms with Crippen molar-refractivity contribution in [3.05, 3.63) is 29.8 Å². The smallest absolute Gasteiger partial charge is 0.255 e. The van der Waals surface area contributed by atoms with Gasteiger partial charge in [-0.15, -0.1) is 0 Å². The van der Waals surface area contributed by atoms with Crippen LogP contribution in [0.25, 0.3) is 0 Å². The van der Waals surface area contributed by atoms with Gasteiger partial charge in [0, 0.05) is 12.6 Å². The van der Waals surface area contributed by atoms with Gasteiger partial charge in [0.15, 0.2) is 0 Å². The third kappa shape index (κ3) is 2.66. The zero-order valence-electron chi connectivity index (χ0n) is 12.0. The number of rotatable bonds is 4. The number of ether oxygens (including phenoxy) is 1. The molecule has 2 bridgehead atoms. The normalized spacial score (nSPS) is 28.1. The van der Waals surface area contributed by atoms with Gasteiger partial charge >= 0.3 is 0 Å². The van der Waals surface area contributed by atoms with E-state index in [-0.39, 0.29) is 5.91 Å². The summed E-state index contributed by atoms with van der Waals surface area (Å²) in [4.78, 5) is 14.9. The van der Waals surface area contributed by atoms with Crippen LogP contribution < -0.4 is 10.1 Å². The first-order valence-electron chi connectivity index (χ1n) is 7.53. The van der Waals surface area contributed by atoms with Crippen molar-refractivity contribution in [2.24, 2.45) is 5.92 Å². The predicted octanol–water partition coefficient (Wildman–Crippen LogP) is 1.91. The summed E-state index contributed by atoms with van der Waals surface area (Å²) in [5.74, 6) is 1.31. The highest BCUT2D eigenvalue weighted by Crippen LogP contribution is 2.28.